The van der Waals surface area contributed by atoms with E-state index in [1.807, 2.05) is 23.9 Å². The lowest BCUT2D eigenvalue weighted by Crippen LogP contribution is -2.38. The molecule has 2 amide bonds. The number of carbonyl (C=O) groups is 1. The van der Waals surface area contributed by atoms with E-state index in [0.29, 0.717) is 18.8 Å². The van der Waals surface area contributed by atoms with Crippen molar-refractivity contribution in [1.29, 1.82) is 5.26 Å². The largest absolute Gasteiger partial charge is 0.322 e. The lowest BCUT2D eigenvalue weighted by Gasteiger charge is -2.26. The molecular formula is C19H21N5O3S. The van der Waals surface area contributed by atoms with Crippen LogP contribution in [-0.2, 0) is 16.9 Å². The van der Waals surface area contributed by atoms with E-state index >= 15 is 0 Å². The minimum Gasteiger partial charge on any atom is -0.320 e. The average molecular weight is 399 g/mol. The molecule has 3 rings (SSSR count). The minimum absolute atomic E-state index is 0.0567. The van der Waals surface area contributed by atoms with E-state index in [1.165, 1.54) is 31.2 Å². The molecule has 8 nitrogen and oxygen atoms in total. The molecule has 1 aromatic carbocycles. The Hall–Kier alpha value is -3.12. The fraction of sp³-hybridized carbons (Fsp3) is 0.316. The minimum atomic E-state index is -3.69. The first kappa shape index (κ1) is 19.6. The van der Waals surface area contributed by atoms with Gasteiger partial charge < -0.3 is 10.2 Å². The second kappa shape index (κ2) is 7.86. The second-order valence-corrected chi connectivity index (χ2v) is 8.80. The normalized spacial score (nSPS) is 15.5. The zero-order valence-corrected chi connectivity index (χ0v) is 16.5. The van der Waals surface area contributed by atoms with Crippen LogP contribution < -0.4 is 5.32 Å². The van der Waals surface area contributed by atoms with Crippen LogP contribution in [0, 0.1) is 11.3 Å². The summed E-state index contributed by atoms with van der Waals surface area (Å²) in [6, 6.07) is 9.28. The van der Waals surface area contributed by atoms with Gasteiger partial charge in [-0.05, 0) is 49.2 Å². The number of carbonyl (C=O) groups excluding carboxylic acids is 1. The average Bonchev–Trinajstić information content (AvgIpc) is 3.13. The molecule has 146 valence electrons. The second-order valence-electron chi connectivity index (χ2n) is 6.54. The number of nitriles is 1. The first-order valence-corrected chi connectivity index (χ1v) is 10.3. The van der Waals surface area contributed by atoms with Crippen molar-refractivity contribution in [2.24, 2.45) is 7.05 Å². The highest BCUT2D eigenvalue weighted by molar-refractivity contribution is 7.92. The number of nitrogens with zero attached hydrogens (tertiary/aromatic N) is 4. The number of urea groups is 1. The Bertz CT molecular complexity index is 1050. The standard InChI is InChI=1S/C19H21N5O3S/c1-14(13-20)28(26,27)17-5-3-16(4-6-17)22-19(25)24-11-8-15(9-12-24)18-7-10-21-23(18)2/h3-8,10,14H,9,11-12H2,1-2H3,(H,22,25). The SMILES string of the molecule is CC(C#N)S(=O)(=O)c1ccc(NC(=O)N2CC=C(c3ccnn3C)CC2)cc1. The van der Waals surface area contributed by atoms with Gasteiger partial charge >= 0.3 is 6.03 Å². The van der Waals surface area contributed by atoms with Gasteiger partial charge in [-0.15, -0.1) is 0 Å². The number of anilines is 1. The smallest absolute Gasteiger partial charge is 0.320 e. The molecule has 0 spiro atoms. The fourth-order valence-electron chi connectivity index (χ4n) is 2.98. The Morgan fingerprint density at radius 2 is 2.00 bits per heavy atom. The van der Waals surface area contributed by atoms with Crippen molar-refractivity contribution in [3.63, 3.8) is 0 Å². The zero-order chi connectivity index (χ0) is 20.3. The lowest BCUT2D eigenvalue weighted by atomic mass is 10.1. The van der Waals surface area contributed by atoms with Crippen LogP contribution in [0.15, 0.2) is 47.5 Å². The van der Waals surface area contributed by atoms with Crippen LogP contribution in [0.2, 0.25) is 0 Å². The molecule has 0 saturated carbocycles. The maximum absolute atomic E-state index is 12.5. The highest BCUT2D eigenvalue weighted by Crippen LogP contribution is 2.23. The maximum Gasteiger partial charge on any atom is 0.322 e. The molecule has 1 aromatic heterocycles. The van der Waals surface area contributed by atoms with Crippen molar-refractivity contribution in [2.45, 2.75) is 23.5 Å². The number of rotatable bonds is 4. The van der Waals surface area contributed by atoms with Gasteiger partial charge in [0.05, 0.1) is 16.7 Å². The monoisotopic (exact) mass is 399 g/mol. The van der Waals surface area contributed by atoms with E-state index in [1.54, 1.807) is 17.2 Å². The van der Waals surface area contributed by atoms with Crippen LogP contribution in [-0.4, -0.2) is 47.5 Å². The molecule has 1 aliphatic heterocycles. The van der Waals surface area contributed by atoms with E-state index in [4.69, 9.17) is 5.26 Å². The predicted octanol–water partition coefficient (Wildman–Crippen LogP) is 2.43. The third-order valence-electron chi connectivity index (χ3n) is 4.73. The van der Waals surface area contributed by atoms with Crippen LogP contribution in [0.1, 0.15) is 19.0 Å². The van der Waals surface area contributed by atoms with Gasteiger partial charge in [-0.25, -0.2) is 13.2 Å². The van der Waals surface area contributed by atoms with Gasteiger partial charge in [0.15, 0.2) is 9.84 Å². The molecule has 0 radical (unpaired) electrons. The topological polar surface area (TPSA) is 108 Å². The van der Waals surface area contributed by atoms with E-state index in [-0.39, 0.29) is 10.9 Å². The van der Waals surface area contributed by atoms with Crippen molar-refractivity contribution in [3.8, 4) is 6.07 Å². The summed E-state index contributed by atoms with van der Waals surface area (Å²) < 4.78 is 26.1. The highest BCUT2D eigenvalue weighted by Gasteiger charge is 2.23. The van der Waals surface area contributed by atoms with Crippen molar-refractivity contribution in [1.82, 2.24) is 14.7 Å². The first-order chi connectivity index (χ1) is 13.3. The lowest BCUT2D eigenvalue weighted by molar-refractivity contribution is 0.217. The number of amides is 2. The number of aryl methyl sites for hydroxylation is 1. The molecule has 1 atom stereocenters. The molecule has 1 unspecified atom stereocenters. The summed E-state index contributed by atoms with van der Waals surface area (Å²) in [5.41, 5.74) is 2.70. The number of hydrogen-bond acceptors (Lipinski definition) is 5. The van der Waals surface area contributed by atoms with Crippen LogP contribution in [0.25, 0.3) is 5.57 Å². The van der Waals surface area contributed by atoms with E-state index in [0.717, 1.165) is 17.7 Å². The first-order valence-electron chi connectivity index (χ1n) is 8.80. The molecule has 1 aliphatic rings. The number of benzene rings is 1. The molecule has 0 aliphatic carbocycles. The molecule has 2 aromatic rings. The molecule has 2 heterocycles. The van der Waals surface area contributed by atoms with Crippen molar-refractivity contribution in [3.05, 3.63) is 48.3 Å². The van der Waals surface area contributed by atoms with E-state index in [9.17, 15) is 13.2 Å². The molecule has 1 N–H and O–H groups in total. The fourth-order valence-corrected chi connectivity index (χ4v) is 4.04. The van der Waals surface area contributed by atoms with Gasteiger partial charge in [-0.1, -0.05) is 6.08 Å². The third-order valence-corrected chi connectivity index (χ3v) is 6.69. The summed E-state index contributed by atoms with van der Waals surface area (Å²) >= 11 is 0. The molecule has 28 heavy (non-hydrogen) atoms. The van der Waals surface area contributed by atoms with Crippen molar-refractivity contribution in [2.75, 3.05) is 18.4 Å². The van der Waals surface area contributed by atoms with Crippen LogP contribution in [0.4, 0.5) is 10.5 Å². The van der Waals surface area contributed by atoms with E-state index in [2.05, 4.69) is 10.4 Å². The summed E-state index contributed by atoms with van der Waals surface area (Å²) in [5, 5.41) is 14.7. The van der Waals surface area contributed by atoms with Gasteiger partial charge in [0.1, 0.15) is 5.25 Å². The number of nitrogens with one attached hydrogen (secondary N) is 1. The Kier molecular flexibility index (Phi) is 5.51. The Labute approximate surface area is 164 Å². The maximum atomic E-state index is 12.5. The summed E-state index contributed by atoms with van der Waals surface area (Å²) in [6.07, 6.45) is 4.49. The van der Waals surface area contributed by atoms with Crippen LogP contribution in [0.5, 0.6) is 0 Å². The number of hydrogen-bond donors (Lipinski definition) is 1. The third kappa shape index (κ3) is 3.92. The summed E-state index contributed by atoms with van der Waals surface area (Å²) in [5.74, 6) is 0. The van der Waals surface area contributed by atoms with Gasteiger partial charge in [-0.3, -0.25) is 4.68 Å². The summed E-state index contributed by atoms with van der Waals surface area (Å²) in [6.45, 7) is 2.40. The van der Waals surface area contributed by atoms with Gasteiger partial charge in [0.2, 0.25) is 0 Å². The van der Waals surface area contributed by atoms with Crippen molar-refractivity contribution >= 4 is 27.1 Å². The van der Waals surface area contributed by atoms with Gasteiger partial charge in [0, 0.05) is 32.0 Å². The van der Waals surface area contributed by atoms with Crippen molar-refractivity contribution < 1.29 is 13.2 Å². The molecule has 0 saturated heterocycles. The van der Waals surface area contributed by atoms with Gasteiger partial charge in [0.25, 0.3) is 0 Å². The molecule has 0 fully saturated rings. The number of sulfone groups is 1. The Balaban J connectivity index is 1.64. The molecule has 9 heteroatoms. The summed E-state index contributed by atoms with van der Waals surface area (Å²) in [4.78, 5) is 14.2. The predicted molar refractivity (Wildman–Crippen MR) is 105 cm³/mol. The van der Waals surface area contributed by atoms with Crippen LogP contribution in [0.3, 0.4) is 0 Å². The van der Waals surface area contributed by atoms with Gasteiger partial charge in [-0.2, -0.15) is 10.4 Å². The Morgan fingerprint density at radius 3 is 2.54 bits per heavy atom. The number of aromatic nitrogens is 2. The Morgan fingerprint density at radius 1 is 1.29 bits per heavy atom. The van der Waals surface area contributed by atoms with E-state index < -0.39 is 15.1 Å². The molecular weight excluding hydrogens is 378 g/mol. The highest BCUT2D eigenvalue weighted by atomic mass is 32.2. The zero-order valence-electron chi connectivity index (χ0n) is 15.7. The quantitative estimate of drug-likeness (QED) is 0.849. The summed E-state index contributed by atoms with van der Waals surface area (Å²) in [7, 11) is -1.80. The van der Waals surface area contributed by atoms with Crippen LogP contribution >= 0.6 is 0 Å². The molecule has 0 bridgehead atoms.